The van der Waals surface area contributed by atoms with Crippen LogP contribution in [0.5, 0.6) is 5.75 Å². The van der Waals surface area contributed by atoms with Crippen LogP contribution in [0.15, 0.2) is 78.0 Å². The Labute approximate surface area is 208 Å². The lowest BCUT2D eigenvalue weighted by Crippen LogP contribution is -2.39. The number of nitrogens with zero attached hydrogens (tertiary/aromatic N) is 1. The van der Waals surface area contributed by atoms with Crippen LogP contribution in [-0.4, -0.2) is 39.6 Å². The summed E-state index contributed by atoms with van der Waals surface area (Å²) in [4.78, 5) is -0.178. The van der Waals surface area contributed by atoms with Crippen molar-refractivity contribution in [2.75, 3.05) is 20.8 Å². The molecule has 0 saturated heterocycles. The van der Waals surface area contributed by atoms with E-state index >= 15 is 0 Å². The predicted molar refractivity (Wildman–Crippen MR) is 135 cm³/mol. The molecular weight excluding hydrogens is 466 g/mol. The van der Waals surface area contributed by atoms with Crippen molar-refractivity contribution in [3.63, 3.8) is 0 Å². The molecule has 2 aromatic carbocycles. The summed E-state index contributed by atoms with van der Waals surface area (Å²) >= 11 is 0. The number of ether oxygens (including phenoxy) is 3. The molecule has 7 nitrogen and oxygen atoms in total. The van der Waals surface area contributed by atoms with E-state index in [1.807, 2.05) is 62.1 Å². The number of hydrogen-bond acceptors (Lipinski definition) is 6. The first-order valence-corrected chi connectivity index (χ1v) is 12.5. The predicted octanol–water partition coefficient (Wildman–Crippen LogP) is 4.36. The third-order valence-electron chi connectivity index (χ3n) is 5.40. The summed E-state index contributed by atoms with van der Waals surface area (Å²) in [5, 5.41) is 0. The maximum Gasteiger partial charge on any atom is 0.202 e. The SMILES string of the molecule is CCC(COc1ccc(C=Cc2cc[n+](C)cc2)cc1)(OC)OC.Cc1ccc(S(=O)(=O)[O-])cc1. The number of aryl methyl sites for hydroxylation is 2. The molecule has 3 rings (SSSR count). The quantitative estimate of drug-likeness (QED) is 0.247. The third kappa shape index (κ3) is 9.26. The maximum atomic E-state index is 10.4. The van der Waals surface area contributed by atoms with Gasteiger partial charge in [0.15, 0.2) is 12.4 Å². The van der Waals surface area contributed by atoms with Gasteiger partial charge in [0.1, 0.15) is 29.5 Å². The molecule has 0 unspecified atom stereocenters. The number of rotatable bonds is 9. The largest absolute Gasteiger partial charge is 0.744 e. The summed E-state index contributed by atoms with van der Waals surface area (Å²) in [5.41, 5.74) is 3.22. The van der Waals surface area contributed by atoms with Gasteiger partial charge in [0.05, 0.1) is 4.90 Å². The lowest BCUT2D eigenvalue weighted by molar-refractivity contribution is -0.671. The number of aromatic nitrogens is 1. The van der Waals surface area contributed by atoms with Gasteiger partial charge in [0.25, 0.3) is 0 Å². The summed E-state index contributed by atoms with van der Waals surface area (Å²) in [6.07, 6.45) is 8.95. The van der Waals surface area contributed by atoms with Crippen LogP contribution in [0.25, 0.3) is 12.2 Å². The topological polar surface area (TPSA) is 88.8 Å². The number of methoxy groups -OCH3 is 2. The number of pyridine rings is 1. The molecule has 35 heavy (non-hydrogen) atoms. The summed E-state index contributed by atoms with van der Waals surface area (Å²) in [6.45, 7) is 4.18. The normalized spacial score (nSPS) is 11.7. The molecule has 0 spiro atoms. The van der Waals surface area contributed by atoms with Crippen molar-refractivity contribution in [2.24, 2.45) is 7.05 Å². The maximum absolute atomic E-state index is 10.4. The van der Waals surface area contributed by atoms with E-state index in [1.165, 1.54) is 17.7 Å². The summed E-state index contributed by atoms with van der Waals surface area (Å²) in [6, 6.07) is 17.9. The van der Waals surface area contributed by atoms with Crippen molar-refractivity contribution in [3.05, 3.63) is 89.7 Å². The molecule has 188 valence electrons. The number of hydrogen-bond donors (Lipinski definition) is 0. The Morgan fingerprint density at radius 1 is 0.886 bits per heavy atom. The average Bonchev–Trinajstić information content (AvgIpc) is 2.86. The molecule has 0 N–H and O–H groups in total. The molecule has 3 aromatic rings. The molecule has 0 aliphatic heterocycles. The molecule has 0 fully saturated rings. The summed E-state index contributed by atoms with van der Waals surface area (Å²) < 4.78 is 49.8. The van der Waals surface area contributed by atoms with Gasteiger partial charge < -0.3 is 18.8 Å². The van der Waals surface area contributed by atoms with Gasteiger partial charge in [-0.2, -0.15) is 0 Å². The standard InChI is InChI=1S/C20H26NO3.C7H8O3S/c1-5-20(22-3,23-4)16-24-19-10-8-17(9-11-19)6-7-18-12-14-21(2)15-13-18;1-6-2-4-7(5-3-6)11(8,9)10/h6-15H,5,16H2,1-4H3;2-5H,1H3,(H,8,9,10)/q+1;/p-1. The van der Waals surface area contributed by atoms with Crippen LogP contribution < -0.4 is 9.30 Å². The van der Waals surface area contributed by atoms with Gasteiger partial charge >= 0.3 is 0 Å². The fourth-order valence-corrected chi connectivity index (χ4v) is 3.45. The molecule has 1 aromatic heterocycles. The van der Waals surface area contributed by atoms with Crippen molar-refractivity contribution in [1.82, 2.24) is 0 Å². The molecule has 0 aliphatic rings. The highest BCUT2D eigenvalue weighted by molar-refractivity contribution is 7.85. The van der Waals surface area contributed by atoms with Crippen LogP contribution in [-0.2, 0) is 26.6 Å². The highest BCUT2D eigenvalue weighted by Gasteiger charge is 2.28. The minimum atomic E-state index is -4.27. The minimum Gasteiger partial charge on any atom is -0.744 e. The molecule has 1 heterocycles. The van der Waals surface area contributed by atoms with E-state index in [-0.39, 0.29) is 4.90 Å². The first-order valence-electron chi connectivity index (χ1n) is 11.1. The van der Waals surface area contributed by atoms with E-state index in [9.17, 15) is 13.0 Å². The fraction of sp³-hybridized carbons (Fsp3) is 0.296. The van der Waals surface area contributed by atoms with Gasteiger partial charge in [-0.1, -0.05) is 48.9 Å². The zero-order valence-electron chi connectivity index (χ0n) is 20.8. The van der Waals surface area contributed by atoms with Crippen molar-refractivity contribution in [1.29, 1.82) is 0 Å². The lowest BCUT2D eigenvalue weighted by Gasteiger charge is -2.29. The van der Waals surface area contributed by atoms with E-state index in [0.717, 1.165) is 23.3 Å². The van der Waals surface area contributed by atoms with Crippen molar-refractivity contribution in [3.8, 4) is 5.75 Å². The van der Waals surface area contributed by atoms with Crippen LogP contribution in [0.1, 0.15) is 30.0 Å². The smallest absolute Gasteiger partial charge is 0.202 e. The third-order valence-corrected chi connectivity index (χ3v) is 6.25. The second-order valence-electron chi connectivity index (χ2n) is 7.93. The zero-order valence-corrected chi connectivity index (χ0v) is 21.6. The first kappa shape index (κ1) is 28.2. The Morgan fingerprint density at radius 3 is 1.86 bits per heavy atom. The monoisotopic (exact) mass is 499 g/mol. The van der Waals surface area contributed by atoms with Crippen molar-refractivity contribution in [2.45, 2.75) is 31.0 Å². The van der Waals surface area contributed by atoms with Gasteiger partial charge in [0, 0.05) is 32.8 Å². The molecule has 0 saturated carbocycles. The van der Waals surface area contributed by atoms with Gasteiger partial charge in [-0.25, -0.2) is 13.0 Å². The Morgan fingerprint density at radius 2 is 1.40 bits per heavy atom. The second-order valence-corrected chi connectivity index (χ2v) is 9.31. The molecule has 0 bridgehead atoms. The van der Waals surface area contributed by atoms with E-state index in [4.69, 9.17) is 14.2 Å². The average molecular weight is 500 g/mol. The van der Waals surface area contributed by atoms with Crippen LogP contribution in [0, 0.1) is 6.92 Å². The van der Waals surface area contributed by atoms with Crippen molar-refractivity contribution >= 4 is 22.3 Å². The number of benzene rings is 2. The van der Waals surface area contributed by atoms with Gasteiger partial charge in [-0.3, -0.25) is 0 Å². The highest BCUT2D eigenvalue weighted by atomic mass is 32.2. The Bertz CT molecular complexity index is 1160. The van der Waals surface area contributed by atoms with Gasteiger partial charge in [-0.05, 0) is 42.3 Å². The van der Waals surface area contributed by atoms with Crippen LogP contribution in [0.3, 0.4) is 0 Å². The van der Waals surface area contributed by atoms with E-state index < -0.39 is 15.9 Å². The fourth-order valence-electron chi connectivity index (χ4n) is 2.98. The minimum absolute atomic E-state index is 0.178. The van der Waals surface area contributed by atoms with E-state index in [0.29, 0.717) is 6.61 Å². The lowest BCUT2D eigenvalue weighted by atomic mass is 10.1. The molecule has 8 heteroatoms. The Hall–Kier alpha value is -3.04. The highest BCUT2D eigenvalue weighted by Crippen LogP contribution is 2.20. The summed E-state index contributed by atoms with van der Waals surface area (Å²) in [7, 11) is 1.00. The summed E-state index contributed by atoms with van der Waals surface area (Å²) in [5.74, 6) is 0.105. The van der Waals surface area contributed by atoms with E-state index in [1.54, 1.807) is 26.4 Å². The molecule has 0 amide bonds. The van der Waals surface area contributed by atoms with Crippen LogP contribution in [0.4, 0.5) is 0 Å². The van der Waals surface area contributed by atoms with Crippen LogP contribution in [0.2, 0.25) is 0 Å². The molecule has 0 aliphatic carbocycles. The Balaban J connectivity index is 0.000000328. The second kappa shape index (κ2) is 13.2. The van der Waals surface area contributed by atoms with Crippen LogP contribution >= 0.6 is 0 Å². The Kier molecular flexibility index (Phi) is 10.6. The van der Waals surface area contributed by atoms with E-state index in [2.05, 4.69) is 24.3 Å². The molecule has 0 atom stereocenters. The molecular formula is C27H33NO6S. The zero-order chi connectivity index (χ0) is 25.9. The van der Waals surface area contributed by atoms with Gasteiger partial charge in [-0.15, -0.1) is 0 Å². The molecule has 0 radical (unpaired) electrons. The van der Waals surface area contributed by atoms with Gasteiger partial charge in [0.2, 0.25) is 5.79 Å². The van der Waals surface area contributed by atoms with Crippen molar-refractivity contribution < 1.29 is 31.7 Å². The first-order chi connectivity index (χ1) is 16.6.